The van der Waals surface area contributed by atoms with Gasteiger partial charge in [0.25, 0.3) is 0 Å². The minimum Gasteiger partial charge on any atom is -0.497 e. The first-order chi connectivity index (χ1) is 39.0. The number of methoxy groups -OCH3 is 3. The Morgan fingerprint density at radius 1 is 0.415 bits per heavy atom. The molecule has 0 bridgehead atoms. The molecule has 2 aliphatic carbocycles. The Balaban J connectivity index is 0.000000264. The average Bonchev–Trinajstić information content (AvgIpc) is 3.57. The van der Waals surface area contributed by atoms with Crippen molar-refractivity contribution in [1.29, 1.82) is 0 Å². The van der Waals surface area contributed by atoms with Crippen LogP contribution in [0.2, 0.25) is 0 Å². The van der Waals surface area contributed by atoms with Crippen LogP contribution >= 0.6 is 0 Å². The average molecular weight is 1130 g/mol. The molecule has 82 heavy (non-hydrogen) atoms. The minimum atomic E-state index is -0.494. The first kappa shape index (κ1) is 66.8. The van der Waals surface area contributed by atoms with E-state index in [1.807, 2.05) is 135 Å². The molecule has 0 aromatic heterocycles. The number of hydrogen-bond acceptors (Lipinski definition) is 15. The number of ether oxygens (including phenoxy) is 9. The Kier molecular flexibility index (Phi) is 27.1. The number of benzene rings is 4. The van der Waals surface area contributed by atoms with Gasteiger partial charge in [-0.1, -0.05) is 69.3 Å². The van der Waals surface area contributed by atoms with Crippen molar-refractivity contribution < 1.29 is 71.4 Å². The fourth-order valence-corrected chi connectivity index (χ4v) is 7.83. The van der Waals surface area contributed by atoms with Gasteiger partial charge >= 0.3 is 35.8 Å². The third kappa shape index (κ3) is 23.4. The van der Waals surface area contributed by atoms with Gasteiger partial charge in [0.1, 0.15) is 54.0 Å². The summed E-state index contributed by atoms with van der Waals surface area (Å²) in [6.45, 7) is 17.4. The molecule has 2 unspecified atom stereocenters. The summed E-state index contributed by atoms with van der Waals surface area (Å²) in [4.78, 5) is 72.5. The quantitative estimate of drug-likeness (QED) is 0.0313. The van der Waals surface area contributed by atoms with E-state index in [0.717, 1.165) is 84.4 Å². The topological polar surface area (TPSA) is 185 Å². The van der Waals surface area contributed by atoms with Gasteiger partial charge in [0, 0.05) is 24.6 Å². The van der Waals surface area contributed by atoms with Crippen LogP contribution in [-0.4, -0.2) is 81.6 Å². The van der Waals surface area contributed by atoms with E-state index in [-0.39, 0.29) is 60.9 Å². The lowest BCUT2D eigenvalue weighted by atomic mass is 9.90. The largest absolute Gasteiger partial charge is 0.497 e. The molecule has 0 spiro atoms. The summed E-state index contributed by atoms with van der Waals surface area (Å²) < 4.78 is 48.2. The van der Waals surface area contributed by atoms with E-state index in [9.17, 15) is 28.8 Å². The van der Waals surface area contributed by atoms with Crippen LogP contribution in [0.25, 0.3) is 18.2 Å². The zero-order valence-electron chi connectivity index (χ0n) is 50.1. The third-order valence-corrected chi connectivity index (χ3v) is 14.7. The fraction of sp³-hybridized carbons (Fsp3) is 0.463. The lowest BCUT2D eigenvalue weighted by Gasteiger charge is -2.31. The molecule has 4 aromatic rings. The van der Waals surface area contributed by atoms with Crippen LogP contribution in [-0.2, 0) is 59.1 Å². The molecule has 2 aliphatic rings. The van der Waals surface area contributed by atoms with E-state index < -0.39 is 22.2 Å². The molecule has 4 aromatic carbocycles. The van der Waals surface area contributed by atoms with E-state index in [1.165, 1.54) is 18.2 Å². The molecule has 444 valence electrons. The van der Waals surface area contributed by atoms with Gasteiger partial charge in [0.05, 0.1) is 37.6 Å². The highest BCUT2D eigenvalue weighted by atomic mass is 16.6. The molecule has 0 aliphatic heterocycles. The van der Waals surface area contributed by atoms with Crippen molar-refractivity contribution in [2.45, 2.75) is 164 Å². The summed E-state index contributed by atoms with van der Waals surface area (Å²) in [5.74, 6) is 0.966. The number of rotatable bonds is 22. The number of carbonyl (C=O) groups is 6. The molecular weight excluding hydrogens is 1040 g/mol. The third-order valence-electron chi connectivity index (χ3n) is 14.7. The zero-order chi connectivity index (χ0) is 60.3. The Bertz CT molecular complexity index is 2730. The lowest BCUT2D eigenvalue weighted by Crippen LogP contribution is -2.35. The first-order valence-corrected chi connectivity index (χ1v) is 28.3. The van der Waals surface area contributed by atoms with E-state index in [2.05, 4.69) is 0 Å². The van der Waals surface area contributed by atoms with Crippen molar-refractivity contribution >= 4 is 54.0 Å². The molecule has 2 atom stereocenters. The SMILES string of the molecule is CCC(C)(C)C(=O)OC1CCC(OC(=O)/C=C/c2ccc(OC)cc2)CC1.CCC(C)(C)C(=O)OC1CCCC(OC(=O)/C=C/c2ccc(OC)cc2)C1.CCC(C)(C)C(=O)OCc1ccc(OC(=O)/C=C/c2ccc(OC)cc2)cc1. The van der Waals surface area contributed by atoms with E-state index in [4.69, 9.17) is 42.6 Å². The molecule has 15 nitrogen and oxygen atoms in total. The molecule has 0 saturated heterocycles. The summed E-state index contributed by atoms with van der Waals surface area (Å²) in [5.41, 5.74) is 2.07. The molecule has 0 N–H and O–H groups in total. The van der Waals surface area contributed by atoms with Crippen LogP contribution in [0.15, 0.2) is 115 Å². The van der Waals surface area contributed by atoms with Crippen LogP contribution in [0.3, 0.4) is 0 Å². The molecular formula is C67H86O15. The first-order valence-electron chi connectivity index (χ1n) is 28.3. The summed E-state index contributed by atoms with van der Waals surface area (Å²) in [6, 6.07) is 29.0. The Morgan fingerprint density at radius 2 is 0.744 bits per heavy atom. The summed E-state index contributed by atoms with van der Waals surface area (Å²) in [5, 5.41) is 0. The van der Waals surface area contributed by atoms with Crippen molar-refractivity contribution in [2.75, 3.05) is 21.3 Å². The van der Waals surface area contributed by atoms with Crippen LogP contribution in [0, 0.1) is 16.2 Å². The minimum absolute atomic E-state index is 0.0758. The predicted octanol–water partition coefficient (Wildman–Crippen LogP) is 13.9. The second-order valence-corrected chi connectivity index (χ2v) is 22.2. The van der Waals surface area contributed by atoms with Crippen molar-refractivity contribution in [3.05, 3.63) is 138 Å². The molecule has 0 amide bonds. The summed E-state index contributed by atoms with van der Waals surface area (Å²) >= 11 is 0. The van der Waals surface area contributed by atoms with Crippen LogP contribution in [0.4, 0.5) is 0 Å². The molecule has 0 radical (unpaired) electrons. The van der Waals surface area contributed by atoms with Gasteiger partial charge < -0.3 is 42.6 Å². The summed E-state index contributed by atoms with van der Waals surface area (Å²) in [6.07, 6.45) is 16.9. The van der Waals surface area contributed by atoms with Crippen LogP contribution < -0.4 is 18.9 Å². The Labute approximate surface area is 485 Å². The van der Waals surface area contributed by atoms with Gasteiger partial charge in [-0.25, -0.2) is 14.4 Å². The van der Waals surface area contributed by atoms with Gasteiger partial charge in [0.2, 0.25) is 0 Å². The molecule has 6 rings (SSSR count). The van der Waals surface area contributed by atoms with Gasteiger partial charge in [-0.05, 0) is 195 Å². The number of esters is 6. The zero-order valence-corrected chi connectivity index (χ0v) is 50.1. The van der Waals surface area contributed by atoms with Crippen LogP contribution in [0.1, 0.15) is 155 Å². The molecule has 0 heterocycles. The number of carbonyl (C=O) groups excluding carboxylic acids is 6. The lowest BCUT2D eigenvalue weighted by molar-refractivity contribution is -0.165. The molecule has 2 fully saturated rings. The predicted molar refractivity (Wildman–Crippen MR) is 317 cm³/mol. The van der Waals surface area contributed by atoms with Gasteiger partial charge in [0.15, 0.2) is 0 Å². The second kappa shape index (κ2) is 33.3. The maximum absolute atomic E-state index is 12.2. The highest BCUT2D eigenvalue weighted by Gasteiger charge is 2.34. The fourth-order valence-electron chi connectivity index (χ4n) is 7.83. The van der Waals surface area contributed by atoms with Crippen LogP contribution in [0.5, 0.6) is 23.0 Å². The maximum Gasteiger partial charge on any atom is 0.336 e. The smallest absolute Gasteiger partial charge is 0.336 e. The van der Waals surface area contributed by atoms with Crippen molar-refractivity contribution in [3.8, 4) is 23.0 Å². The number of hydrogen-bond donors (Lipinski definition) is 0. The summed E-state index contributed by atoms with van der Waals surface area (Å²) in [7, 11) is 4.83. The van der Waals surface area contributed by atoms with Gasteiger partial charge in [-0.2, -0.15) is 0 Å². The molecule has 2 saturated carbocycles. The standard InChI is InChI=1S/C23H26O5.2C22H30O5/c1-5-23(2,3)22(25)27-16-18-8-13-20(14-9-18)28-21(24)15-10-17-6-11-19(26-4)12-7-17;1-5-22(2,3)21(24)27-19-13-11-18(12-14-19)26-20(23)15-8-16-6-9-17(25-4)10-7-16;1-5-22(2,3)21(24)27-19-8-6-7-18(15-19)26-20(23)14-11-16-9-12-17(25-4)13-10-16/h6-15H,5,16H2,1-4H3;6-10,15,18-19H,5,11-14H2,1-4H3;9-14,18-19H,5-8,15H2,1-4H3/b15-10+;15-8+;14-11+. The van der Waals surface area contributed by atoms with E-state index >= 15 is 0 Å². The maximum atomic E-state index is 12.2. The monoisotopic (exact) mass is 1130 g/mol. The van der Waals surface area contributed by atoms with Gasteiger partial charge in [-0.3, -0.25) is 14.4 Å². The van der Waals surface area contributed by atoms with Crippen molar-refractivity contribution in [2.24, 2.45) is 16.2 Å². The van der Waals surface area contributed by atoms with Crippen molar-refractivity contribution in [1.82, 2.24) is 0 Å². The highest BCUT2D eigenvalue weighted by Crippen LogP contribution is 2.31. The Morgan fingerprint density at radius 3 is 1.13 bits per heavy atom. The molecule has 15 heteroatoms. The highest BCUT2D eigenvalue weighted by molar-refractivity contribution is 5.89. The van der Waals surface area contributed by atoms with E-state index in [0.29, 0.717) is 31.4 Å². The van der Waals surface area contributed by atoms with E-state index in [1.54, 1.807) is 63.8 Å². The van der Waals surface area contributed by atoms with Gasteiger partial charge in [-0.15, -0.1) is 0 Å². The van der Waals surface area contributed by atoms with Crippen molar-refractivity contribution in [3.63, 3.8) is 0 Å². The normalized spacial score (nSPS) is 17.2. The second-order valence-electron chi connectivity index (χ2n) is 22.2. The Hall–Kier alpha value is -7.68.